The van der Waals surface area contributed by atoms with Crippen LogP contribution in [0.4, 0.5) is 17.1 Å². The van der Waals surface area contributed by atoms with Gasteiger partial charge in [-0.3, -0.25) is 0 Å². The van der Waals surface area contributed by atoms with Crippen molar-refractivity contribution in [3.05, 3.63) is 89.5 Å². The Hall–Kier alpha value is -2.94. The van der Waals surface area contributed by atoms with Crippen LogP contribution in [-0.4, -0.2) is 39.3 Å². The highest BCUT2D eigenvalue weighted by atomic mass is 15.1. The van der Waals surface area contributed by atoms with E-state index < -0.39 is 0 Å². The van der Waals surface area contributed by atoms with Crippen molar-refractivity contribution in [2.24, 2.45) is 0 Å². The predicted molar refractivity (Wildman–Crippen MR) is 151 cm³/mol. The monoisotopic (exact) mass is 457 g/mol. The Balaban J connectivity index is 2.03. The van der Waals surface area contributed by atoms with Crippen LogP contribution in [-0.2, 0) is 0 Å². The zero-order valence-electron chi connectivity index (χ0n) is 22.4. The van der Waals surface area contributed by atoms with Crippen molar-refractivity contribution in [2.45, 2.75) is 59.5 Å². The average molecular weight is 458 g/mol. The first-order valence-electron chi connectivity index (χ1n) is 12.8. The molecule has 182 valence electrons. The second-order valence-electron chi connectivity index (χ2n) is 9.86. The first kappa shape index (κ1) is 25.7. The molecule has 3 nitrogen and oxygen atoms in total. The molecule has 3 aromatic rings. The summed E-state index contributed by atoms with van der Waals surface area (Å²) in [5.41, 5.74) is 7.76. The molecular formula is C31H43N3. The fourth-order valence-corrected chi connectivity index (χ4v) is 4.95. The lowest BCUT2D eigenvalue weighted by molar-refractivity contribution is 0.703. The van der Waals surface area contributed by atoms with Gasteiger partial charge in [0.05, 0.1) is 0 Å². The van der Waals surface area contributed by atoms with Crippen molar-refractivity contribution in [2.75, 3.05) is 41.9 Å². The van der Waals surface area contributed by atoms with Gasteiger partial charge in [0.1, 0.15) is 0 Å². The quantitative estimate of drug-likeness (QED) is 0.294. The summed E-state index contributed by atoms with van der Waals surface area (Å²) < 4.78 is 0. The molecule has 0 amide bonds. The second kappa shape index (κ2) is 11.5. The van der Waals surface area contributed by atoms with Gasteiger partial charge in [0.25, 0.3) is 0 Å². The van der Waals surface area contributed by atoms with E-state index >= 15 is 0 Å². The Bertz CT molecular complexity index is 943. The highest BCUT2D eigenvalue weighted by Crippen LogP contribution is 2.35. The molecule has 0 unspecified atom stereocenters. The van der Waals surface area contributed by atoms with Gasteiger partial charge in [-0.25, -0.2) is 0 Å². The first-order valence-corrected chi connectivity index (χ1v) is 12.8. The summed E-state index contributed by atoms with van der Waals surface area (Å²) in [5.74, 6) is 0.197. The molecule has 3 aromatic carbocycles. The molecule has 0 saturated heterocycles. The van der Waals surface area contributed by atoms with Gasteiger partial charge < -0.3 is 14.7 Å². The minimum atomic E-state index is 0.197. The lowest BCUT2D eigenvalue weighted by Crippen LogP contribution is -2.30. The molecule has 0 aliphatic heterocycles. The van der Waals surface area contributed by atoms with Crippen LogP contribution in [0.1, 0.15) is 64.2 Å². The normalized spacial score (nSPS) is 11.4. The fraction of sp³-hybridized carbons (Fsp3) is 0.419. The van der Waals surface area contributed by atoms with Gasteiger partial charge in [0.15, 0.2) is 0 Å². The van der Waals surface area contributed by atoms with Crippen molar-refractivity contribution >= 4 is 17.1 Å². The number of benzene rings is 3. The maximum Gasteiger partial charge on any atom is 0.0368 e. The molecule has 0 heterocycles. The van der Waals surface area contributed by atoms with Gasteiger partial charge in [-0.2, -0.15) is 0 Å². The van der Waals surface area contributed by atoms with Gasteiger partial charge in [0.2, 0.25) is 0 Å². The Kier molecular flexibility index (Phi) is 8.66. The predicted octanol–water partition coefficient (Wildman–Crippen LogP) is 7.40. The van der Waals surface area contributed by atoms with Gasteiger partial charge in [-0.15, -0.1) is 0 Å². The summed E-state index contributed by atoms with van der Waals surface area (Å²) in [6.45, 7) is 15.5. The molecule has 0 aromatic heterocycles. The molecule has 0 aliphatic rings. The van der Waals surface area contributed by atoms with Crippen LogP contribution < -0.4 is 14.7 Å². The molecule has 0 atom stereocenters. The number of hydrogen-bond acceptors (Lipinski definition) is 3. The highest BCUT2D eigenvalue weighted by Gasteiger charge is 2.19. The third-order valence-corrected chi connectivity index (χ3v) is 6.79. The number of nitrogens with zero attached hydrogens (tertiary/aromatic N) is 3. The van der Waals surface area contributed by atoms with E-state index in [2.05, 4.69) is 143 Å². The molecule has 3 heteroatoms. The van der Waals surface area contributed by atoms with Crippen LogP contribution in [0.5, 0.6) is 0 Å². The van der Waals surface area contributed by atoms with Crippen molar-refractivity contribution in [1.29, 1.82) is 0 Å². The van der Waals surface area contributed by atoms with Gasteiger partial charge in [-0.05, 0) is 94.6 Å². The zero-order valence-corrected chi connectivity index (χ0v) is 22.4. The molecule has 0 N–H and O–H groups in total. The minimum absolute atomic E-state index is 0.197. The summed E-state index contributed by atoms with van der Waals surface area (Å²) in [6, 6.07) is 28.4. The molecule has 34 heavy (non-hydrogen) atoms. The maximum atomic E-state index is 2.44. The Labute approximate surface area is 208 Å². The number of anilines is 3. The Morgan fingerprint density at radius 2 is 0.794 bits per heavy atom. The van der Waals surface area contributed by atoms with E-state index in [1.165, 1.54) is 33.8 Å². The lowest BCUT2D eigenvalue weighted by atomic mass is 9.85. The summed E-state index contributed by atoms with van der Waals surface area (Å²) in [4.78, 5) is 7.02. The Morgan fingerprint density at radius 1 is 0.500 bits per heavy atom. The van der Waals surface area contributed by atoms with Crippen LogP contribution in [0.15, 0.2) is 72.8 Å². The number of hydrogen-bond donors (Lipinski definition) is 0. The van der Waals surface area contributed by atoms with E-state index in [1.54, 1.807) is 0 Å². The second-order valence-corrected chi connectivity index (χ2v) is 9.86. The van der Waals surface area contributed by atoms with Gasteiger partial charge in [-0.1, -0.05) is 36.4 Å². The third kappa shape index (κ3) is 5.75. The zero-order chi connectivity index (χ0) is 24.8. The average Bonchev–Trinajstić information content (AvgIpc) is 2.82. The SMILES string of the molecule is CCN(c1ccc(C(c2ccc(N(C)C)cc2)c2ccc(N(CC)C(C)C)cc2)cc1)C(C)C. The van der Waals surface area contributed by atoms with Crippen molar-refractivity contribution < 1.29 is 0 Å². The molecule has 0 aliphatic carbocycles. The first-order chi connectivity index (χ1) is 16.3. The molecule has 3 rings (SSSR count). The van der Waals surface area contributed by atoms with Crippen molar-refractivity contribution in [1.82, 2.24) is 0 Å². The van der Waals surface area contributed by atoms with E-state index in [0.29, 0.717) is 12.1 Å². The van der Waals surface area contributed by atoms with Gasteiger partial charge in [0, 0.05) is 62.2 Å². The summed E-state index contributed by atoms with van der Waals surface area (Å²) in [5, 5.41) is 0. The van der Waals surface area contributed by atoms with Crippen LogP contribution >= 0.6 is 0 Å². The smallest absolute Gasteiger partial charge is 0.0368 e. The third-order valence-electron chi connectivity index (χ3n) is 6.79. The Morgan fingerprint density at radius 3 is 1.03 bits per heavy atom. The largest absolute Gasteiger partial charge is 0.378 e. The van der Waals surface area contributed by atoms with E-state index in [1.807, 2.05) is 0 Å². The van der Waals surface area contributed by atoms with E-state index in [4.69, 9.17) is 0 Å². The number of rotatable bonds is 10. The van der Waals surface area contributed by atoms with E-state index in [9.17, 15) is 0 Å². The highest BCUT2D eigenvalue weighted by molar-refractivity contribution is 5.56. The lowest BCUT2D eigenvalue weighted by Gasteiger charge is -2.29. The fourth-order valence-electron chi connectivity index (χ4n) is 4.95. The minimum Gasteiger partial charge on any atom is -0.378 e. The molecule has 0 fully saturated rings. The molecule has 0 saturated carbocycles. The van der Waals surface area contributed by atoms with Crippen LogP contribution in [0.2, 0.25) is 0 Å². The molecular weight excluding hydrogens is 414 g/mol. The van der Waals surface area contributed by atoms with E-state index in [-0.39, 0.29) is 5.92 Å². The maximum absolute atomic E-state index is 2.44. The van der Waals surface area contributed by atoms with Crippen molar-refractivity contribution in [3.63, 3.8) is 0 Å². The molecule has 0 radical (unpaired) electrons. The standard InChI is InChI=1S/C31H43N3/c1-9-33(23(3)4)29-19-13-26(14-20-29)31(25-11-17-28(18-12-25)32(7)8)27-15-21-30(22-16-27)34(10-2)24(5)6/h11-24,31H,9-10H2,1-8H3. The van der Waals surface area contributed by atoms with Crippen LogP contribution in [0, 0.1) is 0 Å². The summed E-state index contributed by atoms with van der Waals surface area (Å²) in [7, 11) is 4.18. The molecule has 0 spiro atoms. The van der Waals surface area contributed by atoms with Crippen LogP contribution in [0.3, 0.4) is 0 Å². The van der Waals surface area contributed by atoms with Crippen LogP contribution in [0.25, 0.3) is 0 Å². The van der Waals surface area contributed by atoms with E-state index in [0.717, 1.165) is 13.1 Å². The van der Waals surface area contributed by atoms with Gasteiger partial charge >= 0.3 is 0 Å². The molecule has 0 bridgehead atoms. The summed E-state index contributed by atoms with van der Waals surface area (Å²) >= 11 is 0. The summed E-state index contributed by atoms with van der Waals surface area (Å²) in [6.07, 6.45) is 0. The van der Waals surface area contributed by atoms with Crippen molar-refractivity contribution in [3.8, 4) is 0 Å². The topological polar surface area (TPSA) is 9.72 Å².